The number of allylic oxidation sites excluding steroid dienone is 2. The summed E-state index contributed by atoms with van der Waals surface area (Å²) in [6.45, 7) is 2.61. The van der Waals surface area contributed by atoms with Crippen molar-refractivity contribution in [3.05, 3.63) is 101 Å². The van der Waals surface area contributed by atoms with E-state index in [1.807, 2.05) is 48.6 Å². The monoisotopic (exact) mass is 629 g/mol. The van der Waals surface area contributed by atoms with Crippen molar-refractivity contribution in [3.63, 3.8) is 0 Å². The van der Waals surface area contributed by atoms with E-state index in [1.165, 1.54) is 5.56 Å². The zero-order valence-electron chi connectivity index (χ0n) is 27.0. The number of nitrogens with zero attached hydrogens (tertiary/aromatic N) is 2. The minimum absolute atomic E-state index is 0. The Morgan fingerprint density at radius 1 is 0.955 bits per heavy atom. The van der Waals surface area contributed by atoms with E-state index in [4.69, 9.17) is 10.1 Å². The summed E-state index contributed by atoms with van der Waals surface area (Å²) in [5.41, 5.74) is 3.01. The molecule has 0 aromatic heterocycles. The second-order valence-corrected chi connectivity index (χ2v) is 10.6. The Morgan fingerprint density at radius 3 is 2.23 bits per heavy atom. The van der Waals surface area contributed by atoms with Crippen molar-refractivity contribution in [3.8, 4) is 0 Å². The number of unbranched alkanes of at least 4 members (excludes halogenated alkanes) is 1. The molecule has 2 aromatic carbocycles. The predicted octanol–water partition coefficient (Wildman–Crippen LogP) is 2.43. The Morgan fingerprint density at radius 2 is 1.59 bits per heavy atom. The molecule has 2 aromatic rings. The first-order chi connectivity index (χ1) is 21.0. The molecule has 0 radical (unpaired) electrons. The van der Waals surface area contributed by atoms with Crippen LogP contribution < -0.4 is 56.7 Å². The van der Waals surface area contributed by atoms with Crippen LogP contribution in [-0.4, -0.2) is 76.4 Å². The van der Waals surface area contributed by atoms with Gasteiger partial charge in [0.2, 0.25) is 5.91 Å². The van der Waals surface area contributed by atoms with Gasteiger partial charge in [-0.25, -0.2) is 0 Å². The summed E-state index contributed by atoms with van der Waals surface area (Å²) in [6.07, 6.45) is 11.0. The van der Waals surface area contributed by atoms with Gasteiger partial charge in [0, 0.05) is 27.2 Å². The van der Waals surface area contributed by atoms with Gasteiger partial charge in [0.1, 0.15) is 12.6 Å². The number of carbonyl (C=O) groups excluding carboxylic acids is 3. The zero-order valence-corrected chi connectivity index (χ0v) is 30.1. The maximum atomic E-state index is 13.2. The number of hydrogen-bond donors (Lipinski definition) is 1. The number of hydrogen-bond acceptors (Lipinski definition) is 6. The molecule has 1 aliphatic carbocycles. The molecule has 8 nitrogen and oxygen atoms in total. The van der Waals surface area contributed by atoms with Gasteiger partial charge in [0.05, 0.1) is 18.4 Å². The molecular formula is C35H48KN3O5. The molecule has 1 N–H and O–H groups in total. The maximum absolute atomic E-state index is 13.2. The Bertz CT molecular complexity index is 1130. The summed E-state index contributed by atoms with van der Waals surface area (Å²) in [5.74, 6) is 0.374. The Labute approximate surface area is 306 Å². The molecule has 0 aliphatic heterocycles. The van der Waals surface area contributed by atoms with E-state index >= 15 is 0 Å². The van der Waals surface area contributed by atoms with Crippen LogP contribution in [0.4, 0.5) is 0 Å². The number of aldehydes is 2. The molecule has 44 heavy (non-hydrogen) atoms. The van der Waals surface area contributed by atoms with Gasteiger partial charge in [0.15, 0.2) is 0 Å². The predicted molar refractivity (Wildman–Crippen MR) is 172 cm³/mol. The van der Waals surface area contributed by atoms with E-state index in [0.717, 1.165) is 57.0 Å². The summed E-state index contributed by atoms with van der Waals surface area (Å²) in [5, 5.41) is 7.59. The Balaban J connectivity index is 0.00000232. The minimum Gasteiger partial charge on any atom is -0.671 e. The quantitative estimate of drug-likeness (QED) is 0.146. The van der Waals surface area contributed by atoms with E-state index in [2.05, 4.69) is 46.3 Å². The standard InChI is InChI=1S/C33H42N3O4.C2H6O.K/c1-36(22-20-27-13-4-2-5-14-27)21-10-11-24-40-32-19-9-8-18-30(32)35-31(25-28-15-6-3-7-16-28)33(39)34-29(26-38)17-12-23-37;1-3-2;/h2-7,13-16,18-19,23,26,29,31H,8-12,17,20-22,24-25H2,1H3,(H,34,39);1-2H3;/q-1;;+1/t29?,31-;;/m1../s1. The van der Waals surface area contributed by atoms with Gasteiger partial charge < -0.3 is 34.6 Å². The van der Waals surface area contributed by atoms with Crippen molar-refractivity contribution in [2.45, 2.75) is 63.5 Å². The number of likely N-dealkylation sites (N-methyl/N-ethyl adjacent to an activating group) is 1. The molecule has 3 rings (SSSR count). The van der Waals surface area contributed by atoms with Crippen molar-refractivity contribution in [2.75, 3.05) is 41.0 Å². The molecule has 1 amide bonds. The summed E-state index contributed by atoms with van der Waals surface area (Å²) in [7, 11) is 5.40. The van der Waals surface area contributed by atoms with Gasteiger partial charge in [-0.2, -0.15) is 0 Å². The average Bonchev–Trinajstić information content (AvgIpc) is 3.03. The van der Waals surface area contributed by atoms with Crippen molar-refractivity contribution < 1.29 is 75.2 Å². The van der Waals surface area contributed by atoms with Crippen LogP contribution in [0.25, 0.3) is 5.32 Å². The van der Waals surface area contributed by atoms with Gasteiger partial charge in [-0.05, 0) is 81.8 Å². The minimum atomic E-state index is -0.726. The molecular weight excluding hydrogens is 581 g/mol. The molecule has 0 saturated heterocycles. The van der Waals surface area contributed by atoms with E-state index in [1.54, 1.807) is 14.2 Å². The molecule has 1 unspecified atom stereocenters. The topological polar surface area (TPSA) is 99.0 Å². The number of benzene rings is 2. The fourth-order valence-electron chi connectivity index (χ4n) is 4.53. The van der Waals surface area contributed by atoms with Gasteiger partial charge in [-0.3, -0.25) is 4.79 Å². The van der Waals surface area contributed by atoms with Crippen molar-refractivity contribution >= 4 is 18.5 Å². The second kappa shape index (κ2) is 25.1. The summed E-state index contributed by atoms with van der Waals surface area (Å²) in [4.78, 5) is 37.8. The van der Waals surface area contributed by atoms with Crippen LogP contribution >= 0.6 is 0 Å². The molecule has 234 valence electrons. The summed E-state index contributed by atoms with van der Waals surface area (Å²) in [6, 6.07) is 18.8. The Kier molecular flexibility index (Phi) is 22.8. The van der Waals surface area contributed by atoms with E-state index in [0.29, 0.717) is 30.8 Å². The first kappa shape index (κ1) is 39.9. The molecule has 0 bridgehead atoms. The van der Waals surface area contributed by atoms with Crippen molar-refractivity contribution in [1.29, 1.82) is 0 Å². The summed E-state index contributed by atoms with van der Waals surface area (Å²) >= 11 is 0. The number of nitrogens with one attached hydrogen (secondary N) is 1. The summed E-state index contributed by atoms with van der Waals surface area (Å²) < 4.78 is 10.4. The Hall–Kier alpha value is -2.11. The molecule has 0 heterocycles. The third kappa shape index (κ3) is 16.8. The van der Waals surface area contributed by atoms with Gasteiger partial charge >= 0.3 is 51.4 Å². The number of methoxy groups -OCH3 is 1. The van der Waals surface area contributed by atoms with Gasteiger partial charge in [-0.15, -0.1) is 5.70 Å². The normalized spacial score (nSPS) is 13.5. The van der Waals surface area contributed by atoms with Gasteiger partial charge in [0.25, 0.3) is 0 Å². The maximum Gasteiger partial charge on any atom is 1.00 e. The molecule has 0 saturated carbocycles. The third-order valence-corrected chi connectivity index (χ3v) is 6.86. The molecule has 2 atom stereocenters. The molecule has 0 fully saturated rings. The van der Waals surface area contributed by atoms with Crippen molar-refractivity contribution in [2.24, 2.45) is 0 Å². The molecule has 0 spiro atoms. The smallest absolute Gasteiger partial charge is 0.671 e. The SMILES string of the molecule is CN(CCCCOC1=CCCC=C1[N-][C@H](Cc1ccccc1)C(=O)NC(C=O)CCC=O)CCc1ccccc1.COC.[K+]. The zero-order chi connectivity index (χ0) is 31.1. The van der Waals surface area contributed by atoms with Crippen LogP contribution in [0.2, 0.25) is 0 Å². The fraction of sp³-hybridized carbons (Fsp3) is 0.457. The van der Waals surface area contributed by atoms with Gasteiger partial charge in [-0.1, -0.05) is 66.7 Å². The first-order valence-electron chi connectivity index (χ1n) is 15.1. The van der Waals surface area contributed by atoms with Crippen LogP contribution in [0.5, 0.6) is 0 Å². The number of ether oxygens (including phenoxy) is 2. The number of carbonyl (C=O) groups is 3. The van der Waals surface area contributed by atoms with Crippen LogP contribution in [0.15, 0.2) is 84.3 Å². The first-order valence-corrected chi connectivity index (χ1v) is 15.1. The number of amides is 1. The average molecular weight is 630 g/mol. The second-order valence-electron chi connectivity index (χ2n) is 10.6. The van der Waals surface area contributed by atoms with Crippen LogP contribution in [0.3, 0.4) is 0 Å². The van der Waals surface area contributed by atoms with E-state index < -0.39 is 12.1 Å². The van der Waals surface area contributed by atoms with E-state index in [-0.39, 0.29) is 70.1 Å². The molecule has 1 aliphatic rings. The fourth-order valence-corrected chi connectivity index (χ4v) is 4.53. The largest absolute Gasteiger partial charge is 1.00 e. The van der Waals surface area contributed by atoms with Crippen molar-refractivity contribution in [1.82, 2.24) is 10.2 Å². The van der Waals surface area contributed by atoms with Crippen LogP contribution in [0.1, 0.15) is 49.7 Å². The van der Waals surface area contributed by atoms with Crippen LogP contribution in [-0.2, 0) is 36.7 Å². The van der Waals surface area contributed by atoms with Crippen LogP contribution in [0, 0.1) is 0 Å². The molecule has 9 heteroatoms. The van der Waals surface area contributed by atoms with E-state index in [9.17, 15) is 14.4 Å². The number of rotatable bonds is 19. The third-order valence-electron chi connectivity index (χ3n) is 6.86.